The fourth-order valence-corrected chi connectivity index (χ4v) is 1.17. The van der Waals surface area contributed by atoms with Crippen LogP contribution in [0.25, 0.3) is 0 Å². The van der Waals surface area contributed by atoms with Crippen LogP contribution in [0.4, 0.5) is 0 Å². The van der Waals surface area contributed by atoms with Crippen LogP contribution < -0.4 is 0 Å². The van der Waals surface area contributed by atoms with Gasteiger partial charge in [0.1, 0.15) is 0 Å². The normalized spacial score (nSPS) is 12.7. The lowest BCUT2D eigenvalue weighted by molar-refractivity contribution is -0.147. The highest BCUT2D eigenvalue weighted by atomic mass is 35.5. The van der Waals surface area contributed by atoms with Gasteiger partial charge in [-0.25, -0.2) is 0 Å². The van der Waals surface area contributed by atoms with Crippen LogP contribution in [0.2, 0.25) is 0 Å². The summed E-state index contributed by atoms with van der Waals surface area (Å²) < 4.78 is 5.18. The number of carbonyl (C=O) groups is 1. The van der Waals surface area contributed by atoms with Crippen molar-refractivity contribution in [3.63, 3.8) is 0 Å². The Labute approximate surface area is 97.0 Å². The van der Waals surface area contributed by atoms with Crippen molar-refractivity contribution in [1.29, 1.82) is 0 Å². The van der Waals surface area contributed by atoms with Gasteiger partial charge in [0, 0.05) is 5.88 Å². The third-order valence-electron chi connectivity index (χ3n) is 1.89. The van der Waals surface area contributed by atoms with Crippen molar-refractivity contribution < 1.29 is 9.53 Å². The number of carbonyl (C=O) groups excluding carboxylic acids is 1. The maximum atomic E-state index is 11.3. The molecule has 0 radical (unpaired) electrons. The summed E-state index contributed by atoms with van der Waals surface area (Å²) in [5.74, 6) is 0.0656. The molecule has 3 heteroatoms. The predicted molar refractivity (Wildman–Crippen MR) is 64.1 cm³/mol. The third-order valence-corrected chi connectivity index (χ3v) is 2.27. The minimum atomic E-state index is -0.242. The molecule has 0 amide bonds. The summed E-state index contributed by atoms with van der Waals surface area (Å²) in [6.07, 6.45) is 6.01. The summed E-state index contributed by atoms with van der Waals surface area (Å²) in [5, 5.41) is 0. The molecule has 0 aromatic heterocycles. The standard InChI is InChI=1S/C12H19ClO2/c1-4-5-6-7-11(3)15-12(14)8-10(2)9-13/h4-5,11H,2,6-9H2,1,3H3. The van der Waals surface area contributed by atoms with E-state index in [1.165, 1.54) is 0 Å². The summed E-state index contributed by atoms with van der Waals surface area (Å²) in [6.45, 7) is 7.52. The van der Waals surface area contributed by atoms with Gasteiger partial charge in [-0.15, -0.1) is 11.6 Å². The van der Waals surface area contributed by atoms with E-state index in [1.54, 1.807) is 0 Å². The van der Waals surface area contributed by atoms with Gasteiger partial charge in [-0.1, -0.05) is 24.3 Å². The molecule has 0 aliphatic carbocycles. The van der Waals surface area contributed by atoms with E-state index in [1.807, 2.05) is 19.9 Å². The maximum Gasteiger partial charge on any atom is 0.310 e. The first kappa shape index (κ1) is 14.2. The second-order valence-electron chi connectivity index (χ2n) is 3.51. The van der Waals surface area contributed by atoms with Crippen LogP contribution in [-0.4, -0.2) is 18.0 Å². The molecule has 2 nitrogen and oxygen atoms in total. The number of esters is 1. The fraction of sp³-hybridized carbons (Fsp3) is 0.583. The van der Waals surface area contributed by atoms with Gasteiger partial charge in [0.05, 0.1) is 12.5 Å². The van der Waals surface area contributed by atoms with Crippen LogP contribution in [0.15, 0.2) is 24.3 Å². The summed E-state index contributed by atoms with van der Waals surface area (Å²) in [7, 11) is 0. The van der Waals surface area contributed by atoms with Crippen LogP contribution in [-0.2, 0) is 9.53 Å². The zero-order valence-corrected chi connectivity index (χ0v) is 10.2. The number of allylic oxidation sites excluding steroid dienone is 2. The smallest absolute Gasteiger partial charge is 0.310 e. The van der Waals surface area contributed by atoms with Gasteiger partial charge < -0.3 is 4.74 Å². The first-order valence-corrected chi connectivity index (χ1v) is 5.66. The van der Waals surface area contributed by atoms with Crippen molar-refractivity contribution in [1.82, 2.24) is 0 Å². The first-order chi connectivity index (χ1) is 7.10. The Morgan fingerprint density at radius 3 is 2.80 bits per heavy atom. The van der Waals surface area contributed by atoms with E-state index in [4.69, 9.17) is 16.3 Å². The zero-order chi connectivity index (χ0) is 11.7. The molecule has 15 heavy (non-hydrogen) atoms. The van der Waals surface area contributed by atoms with Crippen LogP contribution in [0.5, 0.6) is 0 Å². The van der Waals surface area contributed by atoms with Gasteiger partial charge in [0.15, 0.2) is 0 Å². The molecule has 0 fully saturated rings. The van der Waals surface area contributed by atoms with Crippen LogP contribution in [0, 0.1) is 0 Å². The number of alkyl halides is 1. The molecule has 0 saturated heterocycles. The van der Waals surface area contributed by atoms with E-state index in [9.17, 15) is 4.79 Å². The summed E-state index contributed by atoms with van der Waals surface area (Å²) in [6, 6.07) is 0. The van der Waals surface area contributed by atoms with Gasteiger partial charge in [0.25, 0.3) is 0 Å². The van der Waals surface area contributed by atoms with E-state index < -0.39 is 0 Å². The highest BCUT2D eigenvalue weighted by molar-refractivity contribution is 6.19. The largest absolute Gasteiger partial charge is 0.462 e. The Morgan fingerprint density at radius 2 is 2.27 bits per heavy atom. The number of hydrogen-bond donors (Lipinski definition) is 0. The van der Waals surface area contributed by atoms with Gasteiger partial charge in [-0.3, -0.25) is 4.79 Å². The fourth-order valence-electron chi connectivity index (χ4n) is 1.07. The first-order valence-electron chi connectivity index (χ1n) is 5.13. The molecular formula is C12H19ClO2. The average molecular weight is 231 g/mol. The van der Waals surface area contributed by atoms with E-state index >= 15 is 0 Å². The molecule has 0 aliphatic rings. The molecule has 0 bridgehead atoms. The van der Waals surface area contributed by atoms with Gasteiger partial charge in [-0.05, 0) is 26.7 Å². The lowest BCUT2D eigenvalue weighted by atomic mass is 10.2. The SMILES string of the molecule is C=C(CCl)CC(=O)OC(C)CCC=CC. The molecule has 0 saturated carbocycles. The molecule has 1 atom stereocenters. The number of ether oxygens (including phenoxy) is 1. The molecule has 1 unspecified atom stereocenters. The molecule has 86 valence electrons. The topological polar surface area (TPSA) is 26.3 Å². The van der Waals surface area contributed by atoms with Crippen molar-refractivity contribution in [2.75, 3.05) is 5.88 Å². The zero-order valence-electron chi connectivity index (χ0n) is 9.46. The van der Waals surface area contributed by atoms with Gasteiger partial charge in [0.2, 0.25) is 0 Å². The minimum absolute atomic E-state index is 0.0446. The number of rotatable bonds is 7. The summed E-state index contributed by atoms with van der Waals surface area (Å²) in [5.41, 5.74) is 0.697. The molecule has 0 rings (SSSR count). The van der Waals surface area contributed by atoms with Crippen molar-refractivity contribution in [3.8, 4) is 0 Å². The van der Waals surface area contributed by atoms with Crippen molar-refractivity contribution >= 4 is 17.6 Å². The van der Waals surface area contributed by atoms with Gasteiger partial charge >= 0.3 is 5.97 Å². The molecule has 0 aromatic carbocycles. The van der Waals surface area contributed by atoms with Crippen molar-refractivity contribution in [3.05, 3.63) is 24.3 Å². The summed E-state index contributed by atoms with van der Waals surface area (Å²) >= 11 is 5.52. The Morgan fingerprint density at radius 1 is 1.60 bits per heavy atom. The molecular weight excluding hydrogens is 212 g/mol. The highest BCUT2D eigenvalue weighted by Gasteiger charge is 2.09. The van der Waals surface area contributed by atoms with E-state index in [0.717, 1.165) is 12.8 Å². The second-order valence-corrected chi connectivity index (χ2v) is 3.77. The average Bonchev–Trinajstić information content (AvgIpc) is 2.17. The van der Waals surface area contributed by atoms with E-state index in [0.29, 0.717) is 11.5 Å². The van der Waals surface area contributed by atoms with Crippen LogP contribution in [0.3, 0.4) is 0 Å². The predicted octanol–water partition coefficient (Wildman–Crippen LogP) is 3.46. The van der Waals surface area contributed by atoms with Crippen LogP contribution in [0.1, 0.15) is 33.1 Å². The van der Waals surface area contributed by atoms with Crippen molar-refractivity contribution in [2.24, 2.45) is 0 Å². The van der Waals surface area contributed by atoms with Crippen molar-refractivity contribution in [2.45, 2.75) is 39.2 Å². The Balaban J connectivity index is 3.71. The minimum Gasteiger partial charge on any atom is -0.462 e. The molecule has 0 aromatic rings. The molecule has 0 N–H and O–H groups in total. The monoisotopic (exact) mass is 230 g/mol. The Hall–Kier alpha value is -0.760. The second kappa shape index (κ2) is 8.54. The number of hydrogen-bond acceptors (Lipinski definition) is 2. The molecule has 0 heterocycles. The molecule has 0 aliphatic heterocycles. The Kier molecular flexibility index (Phi) is 8.11. The van der Waals surface area contributed by atoms with E-state index in [-0.39, 0.29) is 18.5 Å². The van der Waals surface area contributed by atoms with Crippen LogP contribution >= 0.6 is 11.6 Å². The molecule has 0 spiro atoms. The quantitative estimate of drug-likeness (QED) is 0.380. The lowest BCUT2D eigenvalue weighted by Gasteiger charge is -2.12. The number of halogens is 1. The third kappa shape index (κ3) is 8.25. The van der Waals surface area contributed by atoms with Gasteiger partial charge in [-0.2, -0.15) is 0 Å². The van der Waals surface area contributed by atoms with E-state index in [2.05, 4.69) is 12.7 Å². The Bertz CT molecular complexity index is 234. The highest BCUT2D eigenvalue weighted by Crippen LogP contribution is 2.07. The summed E-state index contributed by atoms with van der Waals surface area (Å²) in [4.78, 5) is 11.3. The maximum absolute atomic E-state index is 11.3. The lowest BCUT2D eigenvalue weighted by Crippen LogP contribution is -2.15.